The minimum atomic E-state index is -1.11. The molecule has 0 saturated carbocycles. The van der Waals surface area contributed by atoms with Crippen molar-refractivity contribution in [2.24, 2.45) is 0 Å². The summed E-state index contributed by atoms with van der Waals surface area (Å²) >= 11 is 0. The smallest absolute Gasteiger partial charge is 0.339 e. The first-order chi connectivity index (χ1) is 7.72. The van der Waals surface area contributed by atoms with E-state index in [1.165, 1.54) is 12.3 Å². The number of hydrogen-bond acceptors (Lipinski definition) is 3. The molecule has 0 aromatic heterocycles. The van der Waals surface area contributed by atoms with E-state index in [1.54, 1.807) is 12.1 Å². The molecule has 2 aromatic carbocycles. The van der Waals surface area contributed by atoms with E-state index in [0.29, 0.717) is 0 Å². The molecule has 4 nitrogen and oxygen atoms in total. The largest absolute Gasteiger partial charge is 0.478 e. The molecular weight excluding hydrogens is 206 g/mol. The Labute approximate surface area is 91.3 Å². The molecule has 0 bridgehead atoms. The third-order valence-electron chi connectivity index (χ3n) is 2.23. The van der Waals surface area contributed by atoms with Crippen LogP contribution in [-0.2, 0) is 0 Å². The van der Waals surface area contributed by atoms with Crippen molar-refractivity contribution in [1.82, 2.24) is 0 Å². The molecule has 0 fully saturated rings. The Morgan fingerprint density at radius 2 is 1.88 bits per heavy atom. The zero-order valence-electron chi connectivity index (χ0n) is 8.18. The first kappa shape index (κ1) is 9.99. The van der Waals surface area contributed by atoms with E-state index in [4.69, 9.17) is 10.4 Å². The third-order valence-corrected chi connectivity index (χ3v) is 2.23. The first-order valence-electron chi connectivity index (χ1n) is 4.54. The molecule has 0 aliphatic rings. The maximum absolute atomic E-state index is 11.0. The summed E-state index contributed by atoms with van der Waals surface area (Å²) in [6.07, 6.45) is 1.48. The van der Waals surface area contributed by atoms with Crippen LogP contribution < -0.4 is 4.74 Å². The molecule has 2 aromatic rings. The molecule has 1 N–H and O–H groups in total. The number of rotatable bonds is 2. The van der Waals surface area contributed by atoms with E-state index in [9.17, 15) is 4.79 Å². The number of ether oxygens (including phenoxy) is 1. The van der Waals surface area contributed by atoms with Gasteiger partial charge in [0, 0.05) is 0 Å². The number of carboxylic acid groups (broad SMARTS) is 1. The normalized spacial score (nSPS) is 9.69. The third kappa shape index (κ3) is 1.66. The fourth-order valence-corrected chi connectivity index (χ4v) is 1.52. The number of nitrogens with zero attached hydrogens (tertiary/aromatic N) is 1. The van der Waals surface area contributed by atoms with Crippen molar-refractivity contribution < 1.29 is 14.6 Å². The molecule has 16 heavy (non-hydrogen) atoms. The minimum absolute atomic E-state index is 0.0137. The summed E-state index contributed by atoms with van der Waals surface area (Å²) in [6.45, 7) is 0. The molecule has 0 aliphatic heterocycles. The van der Waals surface area contributed by atoms with Gasteiger partial charge in [-0.2, -0.15) is 0 Å². The lowest BCUT2D eigenvalue weighted by atomic mass is 10.1. The highest BCUT2D eigenvalue weighted by molar-refractivity contribution is 5.97. The fraction of sp³-hybridized carbons (Fsp3) is 0. The number of carboxylic acids is 1. The average molecular weight is 213 g/mol. The van der Waals surface area contributed by atoms with Crippen molar-refractivity contribution in [3.8, 4) is 12.0 Å². The molecule has 0 radical (unpaired) electrons. The first-order valence-corrected chi connectivity index (χ1v) is 4.54. The van der Waals surface area contributed by atoms with E-state index in [-0.39, 0.29) is 11.3 Å². The van der Waals surface area contributed by atoms with E-state index in [0.717, 1.165) is 10.8 Å². The Hall–Kier alpha value is -2.54. The summed E-state index contributed by atoms with van der Waals surface area (Å²) in [4.78, 5) is 11.0. The summed E-state index contributed by atoms with van der Waals surface area (Å²) in [5.74, 6) is -1.05. The summed E-state index contributed by atoms with van der Waals surface area (Å²) in [5, 5.41) is 19.0. The van der Waals surface area contributed by atoms with Crippen molar-refractivity contribution in [2.75, 3.05) is 0 Å². The lowest BCUT2D eigenvalue weighted by molar-refractivity contribution is 0.0694. The quantitative estimate of drug-likeness (QED) is 0.777. The fourth-order valence-electron chi connectivity index (χ4n) is 1.52. The highest BCUT2D eigenvalue weighted by atomic mass is 16.5. The van der Waals surface area contributed by atoms with Gasteiger partial charge in [-0.15, -0.1) is 5.26 Å². The molecular formula is C12H7NO3. The Morgan fingerprint density at radius 3 is 2.44 bits per heavy atom. The Bertz CT molecular complexity index is 599. The van der Waals surface area contributed by atoms with Crippen LogP contribution in [0.2, 0.25) is 0 Å². The summed E-state index contributed by atoms with van der Waals surface area (Å²) < 4.78 is 4.63. The number of benzene rings is 2. The molecule has 0 amide bonds. The van der Waals surface area contributed by atoms with Gasteiger partial charge in [-0.05, 0) is 22.9 Å². The predicted molar refractivity (Wildman–Crippen MR) is 57.1 cm³/mol. The van der Waals surface area contributed by atoms with E-state index < -0.39 is 5.97 Å². The zero-order valence-corrected chi connectivity index (χ0v) is 8.18. The second-order valence-corrected chi connectivity index (χ2v) is 3.19. The van der Waals surface area contributed by atoms with E-state index in [1.807, 2.05) is 18.2 Å². The Balaban J connectivity index is 2.71. The van der Waals surface area contributed by atoms with Gasteiger partial charge in [0.25, 0.3) is 6.26 Å². The number of carbonyl (C=O) groups is 1. The molecule has 78 valence electrons. The van der Waals surface area contributed by atoms with Crippen molar-refractivity contribution in [1.29, 1.82) is 5.26 Å². The Morgan fingerprint density at radius 1 is 1.25 bits per heavy atom. The van der Waals surface area contributed by atoms with Gasteiger partial charge in [0.2, 0.25) is 0 Å². The highest BCUT2D eigenvalue weighted by Gasteiger charge is 2.12. The molecule has 0 heterocycles. The van der Waals surface area contributed by atoms with Crippen molar-refractivity contribution in [2.45, 2.75) is 0 Å². The number of nitriles is 1. The van der Waals surface area contributed by atoms with Crippen molar-refractivity contribution in [3.05, 3.63) is 42.0 Å². The van der Waals surface area contributed by atoms with Crippen LogP contribution in [0.5, 0.6) is 5.75 Å². The van der Waals surface area contributed by atoms with Gasteiger partial charge in [0.15, 0.2) is 5.75 Å². The van der Waals surface area contributed by atoms with Gasteiger partial charge < -0.3 is 9.84 Å². The van der Waals surface area contributed by atoms with Gasteiger partial charge in [-0.3, -0.25) is 0 Å². The van der Waals surface area contributed by atoms with Crippen LogP contribution in [0.3, 0.4) is 0 Å². The van der Waals surface area contributed by atoms with E-state index in [2.05, 4.69) is 4.74 Å². The summed E-state index contributed by atoms with van der Waals surface area (Å²) in [5.41, 5.74) is -0.0137. The SMILES string of the molecule is N#COc1cc2ccccc2cc1C(=O)O. The number of aromatic carboxylic acids is 1. The maximum atomic E-state index is 11.0. The number of fused-ring (bicyclic) bond motifs is 1. The minimum Gasteiger partial charge on any atom is -0.478 e. The Kier molecular flexibility index (Phi) is 2.44. The monoisotopic (exact) mass is 213 g/mol. The van der Waals surface area contributed by atoms with Gasteiger partial charge in [0.1, 0.15) is 5.56 Å². The van der Waals surface area contributed by atoms with Crippen LogP contribution in [-0.4, -0.2) is 11.1 Å². The molecule has 2 rings (SSSR count). The molecule has 0 aliphatic carbocycles. The van der Waals surface area contributed by atoms with Crippen molar-refractivity contribution in [3.63, 3.8) is 0 Å². The van der Waals surface area contributed by atoms with Crippen LogP contribution in [0.15, 0.2) is 36.4 Å². The average Bonchev–Trinajstić information content (AvgIpc) is 2.28. The van der Waals surface area contributed by atoms with Gasteiger partial charge in [-0.1, -0.05) is 24.3 Å². The topological polar surface area (TPSA) is 70.3 Å². The van der Waals surface area contributed by atoms with Crippen LogP contribution in [0.1, 0.15) is 10.4 Å². The predicted octanol–water partition coefficient (Wildman–Crippen LogP) is 2.40. The maximum Gasteiger partial charge on any atom is 0.339 e. The van der Waals surface area contributed by atoms with Crippen molar-refractivity contribution >= 4 is 16.7 Å². The second kappa shape index (κ2) is 3.91. The van der Waals surface area contributed by atoms with Crippen LogP contribution in [0, 0.1) is 11.5 Å². The molecule has 0 spiro atoms. The summed E-state index contributed by atoms with van der Waals surface area (Å²) in [7, 11) is 0. The molecule has 0 saturated heterocycles. The summed E-state index contributed by atoms with van der Waals surface area (Å²) in [6, 6.07) is 10.3. The molecule has 4 heteroatoms. The van der Waals surface area contributed by atoms with E-state index >= 15 is 0 Å². The standard InChI is InChI=1S/C12H7NO3/c13-7-16-11-6-9-4-2-1-3-8(9)5-10(11)12(14)15/h1-6H,(H,14,15). The zero-order chi connectivity index (χ0) is 11.5. The second-order valence-electron chi connectivity index (χ2n) is 3.19. The van der Waals surface area contributed by atoms with Gasteiger partial charge >= 0.3 is 5.97 Å². The number of hydrogen-bond donors (Lipinski definition) is 1. The lowest BCUT2D eigenvalue weighted by Gasteiger charge is -2.04. The molecule has 0 atom stereocenters. The van der Waals surface area contributed by atoms with Crippen LogP contribution >= 0.6 is 0 Å². The molecule has 0 unspecified atom stereocenters. The van der Waals surface area contributed by atoms with Crippen LogP contribution in [0.4, 0.5) is 0 Å². The lowest BCUT2D eigenvalue weighted by Crippen LogP contribution is -2.00. The van der Waals surface area contributed by atoms with Crippen LogP contribution in [0.25, 0.3) is 10.8 Å². The van der Waals surface area contributed by atoms with Gasteiger partial charge in [0.05, 0.1) is 0 Å². The highest BCUT2D eigenvalue weighted by Crippen LogP contribution is 2.25. The van der Waals surface area contributed by atoms with Gasteiger partial charge in [-0.25, -0.2) is 4.79 Å².